The molecular weight excluding hydrogens is 258 g/mol. The highest BCUT2D eigenvalue weighted by Crippen LogP contribution is 2.25. The monoisotopic (exact) mass is 283 g/mol. The summed E-state index contributed by atoms with van der Waals surface area (Å²) in [6, 6.07) is 14.9. The van der Waals surface area contributed by atoms with Gasteiger partial charge < -0.3 is 0 Å². The summed E-state index contributed by atoms with van der Waals surface area (Å²) in [6.07, 6.45) is 3.68. The number of nitrogens with two attached hydrogens (primary N) is 1. The predicted molar refractivity (Wildman–Crippen MR) is 87.8 cm³/mol. The molecule has 3 heteroatoms. The van der Waals surface area contributed by atoms with Crippen LogP contribution < -0.4 is 11.3 Å². The molecule has 3 N–H and O–H groups in total. The van der Waals surface area contributed by atoms with Gasteiger partial charge in [0.25, 0.3) is 0 Å². The Labute approximate surface area is 127 Å². The van der Waals surface area contributed by atoms with E-state index in [1.165, 1.54) is 11.1 Å². The fourth-order valence-corrected chi connectivity index (χ4v) is 2.40. The molecule has 2 aromatic rings. The van der Waals surface area contributed by atoms with Gasteiger partial charge in [-0.15, -0.1) is 0 Å². The molecule has 0 spiro atoms. The van der Waals surface area contributed by atoms with E-state index in [9.17, 15) is 0 Å². The third-order valence-corrected chi connectivity index (χ3v) is 3.80. The number of benzene rings is 1. The summed E-state index contributed by atoms with van der Waals surface area (Å²) in [5, 5.41) is 0. The van der Waals surface area contributed by atoms with Crippen molar-refractivity contribution < 1.29 is 0 Å². The summed E-state index contributed by atoms with van der Waals surface area (Å²) in [5.41, 5.74) is 6.76. The predicted octanol–water partition coefficient (Wildman–Crippen LogP) is 3.52. The maximum Gasteiger partial charge on any atom is 0.0463 e. The Morgan fingerprint density at radius 1 is 1.10 bits per heavy atom. The highest BCUT2D eigenvalue weighted by molar-refractivity contribution is 5.29. The maximum absolute atomic E-state index is 5.72. The van der Waals surface area contributed by atoms with Crippen molar-refractivity contribution in [2.24, 2.45) is 5.84 Å². The molecule has 0 aliphatic heterocycles. The van der Waals surface area contributed by atoms with Crippen LogP contribution in [0.2, 0.25) is 0 Å². The fraction of sp³-hybridized carbons (Fsp3) is 0.389. The quantitative estimate of drug-likeness (QED) is 0.652. The molecule has 1 heterocycles. The number of hydrogen-bond donors (Lipinski definition) is 2. The largest absolute Gasteiger partial charge is 0.271 e. The van der Waals surface area contributed by atoms with Gasteiger partial charge in [-0.1, -0.05) is 51.1 Å². The Morgan fingerprint density at radius 2 is 1.81 bits per heavy atom. The van der Waals surface area contributed by atoms with Crippen LogP contribution in [0.1, 0.15) is 50.1 Å². The topological polar surface area (TPSA) is 50.9 Å². The van der Waals surface area contributed by atoms with Gasteiger partial charge >= 0.3 is 0 Å². The minimum absolute atomic E-state index is 0.154. The summed E-state index contributed by atoms with van der Waals surface area (Å²) < 4.78 is 0. The van der Waals surface area contributed by atoms with E-state index in [4.69, 9.17) is 5.84 Å². The molecular formula is C18H25N3. The Kier molecular flexibility index (Phi) is 5.10. The van der Waals surface area contributed by atoms with E-state index in [0.717, 1.165) is 18.5 Å². The molecule has 0 aliphatic rings. The van der Waals surface area contributed by atoms with Gasteiger partial charge in [-0.25, -0.2) is 0 Å². The van der Waals surface area contributed by atoms with Crippen LogP contribution in [-0.2, 0) is 11.8 Å². The van der Waals surface area contributed by atoms with Crippen LogP contribution in [0.5, 0.6) is 0 Å². The number of aromatic nitrogens is 1. The molecule has 2 rings (SSSR count). The third kappa shape index (κ3) is 4.38. The second-order valence-corrected chi connectivity index (χ2v) is 6.45. The lowest BCUT2D eigenvalue weighted by Gasteiger charge is -2.21. The van der Waals surface area contributed by atoms with Gasteiger partial charge in [-0.05, 0) is 41.5 Å². The maximum atomic E-state index is 5.72. The van der Waals surface area contributed by atoms with Crippen molar-refractivity contribution in [1.29, 1.82) is 0 Å². The summed E-state index contributed by atoms with van der Waals surface area (Å²) in [4.78, 5) is 4.36. The lowest BCUT2D eigenvalue weighted by molar-refractivity contribution is 0.512. The summed E-state index contributed by atoms with van der Waals surface area (Å²) in [6.45, 7) is 6.67. The molecule has 0 radical (unpaired) electrons. The van der Waals surface area contributed by atoms with Gasteiger partial charge in [0.2, 0.25) is 0 Å². The lowest BCUT2D eigenvalue weighted by atomic mass is 9.86. The highest BCUT2D eigenvalue weighted by Gasteiger charge is 2.15. The van der Waals surface area contributed by atoms with E-state index >= 15 is 0 Å². The van der Waals surface area contributed by atoms with Crippen molar-refractivity contribution >= 4 is 0 Å². The number of aryl methyl sites for hydroxylation is 1. The zero-order valence-corrected chi connectivity index (χ0v) is 13.1. The van der Waals surface area contributed by atoms with Crippen molar-refractivity contribution in [3.63, 3.8) is 0 Å². The standard InChI is InChI=1S/C18H25N3/c1-18(2,3)15-9-7-14(8-10-15)17(21-19)12-11-16-6-4-5-13-20-16/h4-10,13,17,21H,11-12,19H2,1-3H3. The molecule has 0 fully saturated rings. The van der Waals surface area contributed by atoms with E-state index in [0.29, 0.717) is 0 Å². The molecule has 0 aliphatic carbocycles. The minimum Gasteiger partial charge on any atom is -0.271 e. The van der Waals surface area contributed by atoms with Crippen LogP contribution in [-0.4, -0.2) is 4.98 Å². The highest BCUT2D eigenvalue weighted by atomic mass is 15.2. The first kappa shape index (κ1) is 15.7. The molecule has 1 atom stereocenters. The van der Waals surface area contributed by atoms with Crippen molar-refractivity contribution in [3.8, 4) is 0 Å². The molecule has 21 heavy (non-hydrogen) atoms. The van der Waals surface area contributed by atoms with E-state index in [2.05, 4.69) is 61.5 Å². The van der Waals surface area contributed by atoms with Crippen LogP contribution in [0.25, 0.3) is 0 Å². The van der Waals surface area contributed by atoms with Crippen LogP contribution in [0.15, 0.2) is 48.7 Å². The van der Waals surface area contributed by atoms with E-state index < -0.39 is 0 Å². The molecule has 1 aromatic heterocycles. The van der Waals surface area contributed by atoms with Crippen molar-refractivity contribution in [1.82, 2.24) is 10.4 Å². The van der Waals surface area contributed by atoms with Crippen molar-refractivity contribution in [2.75, 3.05) is 0 Å². The molecule has 0 saturated heterocycles. The Bertz CT molecular complexity index is 541. The van der Waals surface area contributed by atoms with Gasteiger partial charge in [0, 0.05) is 17.9 Å². The van der Waals surface area contributed by atoms with Gasteiger partial charge in [0.1, 0.15) is 0 Å². The molecule has 1 unspecified atom stereocenters. The summed E-state index contributed by atoms with van der Waals surface area (Å²) >= 11 is 0. The van der Waals surface area contributed by atoms with Gasteiger partial charge in [0.05, 0.1) is 0 Å². The van der Waals surface area contributed by atoms with Crippen LogP contribution >= 0.6 is 0 Å². The molecule has 0 bridgehead atoms. The zero-order valence-electron chi connectivity index (χ0n) is 13.1. The normalized spacial score (nSPS) is 13.1. The number of nitrogens with one attached hydrogen (secondary N) is 1. The van der Waals surface area contributed by atoms with E-state index in [1.807, 2.05) is 18.3 Å². The first-order valence-electron chi connectivity index (χ1n) is 7.47. The third-order valence-electron chi connectivity index (χ3n) is 3.80. The van der Waals surface area contributed by atoms with Crippen molar-refractivity contribution in [3.05, 3.63) is 65.5 Å². The number of nitrogens with zero attached hydrogens (tertiary/aromatic N) is 1. The number of rotatable bonds is 5. The Hall–Kier alpha value is -1.71. The second-order valence-electron chi connectivity index (χ2n) is 6.45. The average molecular weight is 283 g/mol. The molecule has 3 nitrogen and oxygen atoms in total. The minimum atomic E-state index is 0.154. The fourth-order valence-electron chi connectivity index (χ4n) is 2.40. The van der Waals surface area contributed by atoms with Crippen molar-refractivity contribution in [2.45, 2.75) is 45.1 Å². The molecule has 1 aromatic carbocycles. The lowest BCUT2D eigenvalue weighted by Crippen LogP contribution is -2.28. The zero-order chi connectivity index (χ0) is 15.3. The van der Waals surface area contributed by atoms with Gasteiger partial charge in [-0.2, -0.15) is 0 Å². The first-order chi connectivity index (χ1) is 10.0. The van der Waals surface area contributed by atoms with Gasteiger partial charge in [-0.3, -0.25) is 16.3 Å². The Balaban J connectivity index is 2.04. The number of hydrogen-bond acceptors (Lipinski definition) is 3. The summed E-state index contributed by atoms with van der Waals surface area (Å²) in [7, 11) is 0. The second kappa shape index (κ2) is 6.83. The van der Waals surface area contributed by atoms with Gasteiger partial charge in [0.15, 0.2) is 0 Å². The SMILES string of the molecule is CC(C)(C)c1ccc(C(CCc2ccccn2)NN)cc1. The van der Waals surface area contributed by atoms with Crippen LogP contribution in [0.4, 0.5) is 0 Å². The summed E-state index contributed by atoms with van der Waals surface area (Å²) in [5.74, 6) is 5.72. The Morgan fingerprint density at radius 3 is 2.33 bits per heavy atom. The van der Waals surface area contributed by atoms with Crippen LogP contribution in [0, 0.1) is 0 Å². The first-order valence-corrected chi connectivity index (χ1v) is 7.47. The van der Waals surface area contributed by atoms with E-state index in [1.54, 1.807) is 0 Å². The molecule has 0 saturated carbocycles. The van der Waals surface area contributed by atoms with E-state index in [-0.39, 0.29) is 11.5 Å². The molecule has 112 valence electrons. The average Bonchev–Trinajstić information content (AvgIpc) is 2.48. The number of pyridine rings is 1. The molecule has 0 amide bonds. The smallest absolute Gasteiger partial charge is 0.0463 e. The van der Waals surface area contributed by atoms with Crippen LogP contribution in [0.3, 0.4) is 0 Å². The number of hydrazine groups is 1.